The minimum atomic E-state index is -0.579. The van der Waals surface area contributed by atoms with Crippen molar-refractivity contribution in [2.24, 2.45) is 0 Å². The molecule has 134 valence electrons. The molecular weight excluding hydrogens is 340 g/mol. The van der Waals surface area contributed by atoms with Gasteiger partial charge in [0.15, 0.2) is 0 Å². The number of hydrogen-bond acceptors (Lipinski definition) is 6. The molecule has 0 saturated heterocycles. The molecule has 2 N–H and O–H groups in total. The van der Waals surface area contributed by atoms with E-state index in [1.165, 1.54) is 0 Å². The number of benzene rings is 1. The average Bonchev–Trinajstić information content (AvgIpc) is 3.07. The second kappa shape index (κ2) is 9.22. The lowest BCUT2D eigenvalue weighted by Crippen LogP contribution is -2.45. The Labute approximate surface area is 151 Å². The van der Waals surface area contributed by atoms with Crippen molar-refractivity contribution in [3.05, 3.63) is 29.8 Å². The predicted molar refractivity (Wildman–Crippen MR) is 96.1 cm³/mol. The smallest absolute Gasteiger partial charge is 0.277 e. The van der Waals surface area contributed by atoms with E-state index in [0.717, 1.165) is 29.3 Å². The summed E-state index contributed by atoms with van der Waals surface area (Å²) in [7, 11) is 0. The van der Waals surface area contributed by atoms with Crippen LogP contribution in [0.4, 0.5) is 0 Å². The number of aryl methyl sites for hydroxylation is 1. The lowest BCUT2D eigenvalue weighted by molar-refractivity contribution is -0.127. The molecule has 1 atom stereocenters. The van der Waals surface area contributed by atoms with Crippen LogP contribution in [0.3, 0.4) is 0 Å². The van der Waals surface area contributed by atoms with Gasteiger partial charge < -0.3 is 15.1 Å². The zero-order chi connectivity index (χ0) is 18.2. The molecular formula is C17H22N4O3S. The van der Waals surface area contributed by atoms with Gasteiger partial charge in [-0.3, -0.25) is 9.59 Å². The highest BCUT2D eigenvalue weighted by Gasteiger charge is 2.16. The molecule has 0 aliphatic carbocycles. The fraction of sp³-hybridized carbons (Fsp3) is 0.412. The van der Waals surface area contributed by atoms with E-state index in [1.54, 1.807) is 6.92 Å². The van der Waals surface area contributed by atoms with Crippen LogP contribution in [0.25, 0.3) is 11.5 Å². The summed E-state index contributed by atoms with van der Waals surface area (Å²) in [5.41, 5.74) is 1.93. The molecule has 8 heteroatoms. The monoisotopic (exact) mass is 362 g/mol. The Bertz CT molecular complexity index is 732. The Kier molecular flexibility index (Phi) is 7.00. The summed E-state index contributed by atoms with van der Waals surface area (Å²) >= 11 is 1.14. The molecule has 0 unspecified atom stereocenters. The molecule has 0 spiro atoms. The van der Waals surface area contributed by atoms with Gasteiger partial charge in [0, 0.05) is 12.1 Å². The Hall–Kier alpha value is -2.35. The normalized spacial score (nSPS) is 11.8. The SMILES string of the molecule is CCCNC(=O)[C@H](C)NC(=O)CSc1nnc(-c2cccc(C)c2)o1. The average molecular weight is 362 g/mol. The van der Waals surface area contributed by atoms with Crippen LogP contribution >= 0.6 is 11.8 Å². The van der Waals surface area contributed by atoms with Crippen molar-refractivity contribution in [3.63, 3.8) is 0 Å². The molecule has 0 aliphatic rings. The van der Waals surface area contributed by atoms with Crippen molar-refractivity contribution in [1.82, 2.24) is 20.8 Å². The molecule has 0 bridgehead atoms. The van der Waals surface area contributed by atoms with E-state index in [0.29, 0.717) is 17.7 Å². The van der Waals surface area contributed by atoms with Crippen molar-refractivity contribution in [1.29, 1.82) is 0 Å². The quantitative estimate of drug-likeness (QED) is 0.699. The number of nitrogens with one attached hydrogen (secondary N) is 2. The molecule has 0 radical (unpaired) electrons. The first-order valence-corrected chi connectivity index (χ1v) is 9.08. The third kappa shape index (κ3) is 5.90. The largest absolute Gasteiger partial charge is 0.411 e. The Morgan fingerprint density at radius 1 is 1.32 bits per heavy atom. The Morgan fingerprint density at radius 3 is 2.84 bits per heavy atom. The summed E-state index contributed by atoms with van der Waals surface area (Å²) in [5.74, 6) is 0.0546. The summed E-state index contributed by atoms with van der Waals surface area (Å²) < 4.78 is 5.56. The number of carbonyl (C=O) groups is 2. The van der Waals surface area contributed by atoms with Gasteiger partial charge in [-0.15, -0.1) is 10.2 Å². The number of thioether (sulfide) groups is 1. The topological polar surface area (TPSA) is 97.1 Å². The minimum Gasteiger partial charge on any atom is -0.411 e. The minimum absolute atomic E-state index is 0.0981. The highest BCUT2D eigenvalue weighted by atomic mass is 32.2. The standard InChI is InChI=1S/C17H22N4O3S/c1-4-8-18-15(23)12(3)19-14(22)10-25-17-21-20-16(24-17)13-7-5-6-11(2)9-13/h5-7,9,12H,4,8,10H2,1-3H3,(H,18,23)(H,19,22)/t12-/m0/s1. The van der Waals surface area contributed by atoms with Crippen LogP contribution in [0.1, 0.15) is 25.8 Å². The summed E-state index contributed by atoms with van der Waals surface area (Å²) in [5, 5.41) is 13.6. The van der Waals surface area contributed by atoms with Crippen LogP contribution in [-0.2, 0) is 9.59 Å². The molecule has 0 saturated carbocycles. The third-order valence-corrected chi connectivity index (χ3v) is 4.14. The molecule has 1 heterocycles. The summed E-state index contributed by atoms with van der Waals surface area (Å²) in [6.07, 6.45) is 0.850. The van der Waals surface area contributed by atoms with Gasteiger partial charge >= 0.3 is 0 Å². The van der Waals surface area contributed by atoms with Crippen molar-refractivity contribution < 1.29 is 14.0 Å². The molecule has 2 rings (SSSR count). The highest BCUT2D eigenvalue weighted by molar-refractivity contribution is 7.99. The molecule has 1 aromatic carbocycles. The number of rotatable bonds is 8. The number of aromatic nitrogens is 2. The first kappa shape index (κ1) is 19.0. The molecule has 0 aliphatic heterocycles. The second-order valence-corrected chi connectivity index (χ2v) is 6.54. The maximum absolute atomic E-state index is 11.9. The summed E-state index contributed by atoms with van der Waals surface area (Å²) in [4.78, 5) is 23.7. The number of amides is 2. The number of hydrogen-bond donors (Lipinski definition) is 2. The van der Waals surface area contributed by atoms with E-state index in [9.17, 15) is 9.59 Å². The van der Waals surface area contributed by atoms with Crippen molar-refractivity contribution in [3.8, 4) is 11.5 Å². The fourth-order valence-electron chi connectivity index (χ4n) is 2.04. The fourth-order valence-corrected chi connectivity index (χ4v) is 2.61. The van der Waals surface area contributed by atoms with Gasteiger partial charge in [-0.25, -0.2) is 0 Å². The number of carbonyl (C=O) groups excluding carboxylic acids is 2. The molecule has 1 aromatic heterocycles. The lowest BCUT2D eigenvalue weighted by Gasteiger charge is -2.13. The molecule has 2 aromatic rings. The highest BCUT2D eigenvalue weighted by Crippen LogP contribution is 2.23. The molecule has 25 heavy (non-hydrogen) atoms. The Morgan fingerprint density at radius 2 is 2.12 bits per heavy atom. The van der Waals surface area contributed by atoms with E-state index in [2.05, 4.69) is 20.8 Å². The van der Waals surface area contributed by atoms with Crippen LogP contribution in [0.15, 0.2) is 33.9 Å². The van der Waals surface area contributed by atoms with E-state index in [-0.39, 0.29) is 17.6 Å². The maximum Gasteiger partial charge on any atom is 0.277 e. The third-order valence-electron chi connectivity index (χ3n) is 3.32. The zero-order valence-electron chi connectivity index (χ0n) is 14.5. The van der Waals surface area contributed by atoms with Gasteiger partial charge in [-0.2, -0.15) is 0 Å². The second-order valence-electron chi connectivity index (χ2n) is 5.61. The first-order valence-electron chi connectivity index (χ1n) is 8.10. The zero-order valence-corrected chi connectivity index (χ0v) is 15.4. The van der Waals surface area contributed by atoms with E-state index in [1.807, 2.05) is 38.1 Å². The van der Waals surface area contributed by atoms with Crippen LogP contribution < -0.4 is 10.6 Å². The molecule has 2 amide bonds. The van der Waals surface area contributed by atoms with Gasteiger partial charge in [0.25, 0.3) is 5.22 Å². The Balaban J connectivity index is 1.83. The predicted octanol–water partition coefficient (Wildman–Crippen LogP) is 2.17. The van der Waals surface area contributed by atoms with Gasteiger partial charge in [0.1, 0.15) is 6.04 Å². The maximum atomic E-state index is 11.9. The van der Waals surface area contributed by atoms with Gasteiger partial charge in [0.2, 0.25) is 17.7 Å². The first-order chi connectivity index (χ1) is 12.0. The van der Waals surface area contributed by atoms with Crippen molar-refractivity contribution in [2.75, 3.05) is 12.3 Å². The van der Waals surface area contributed by atoms with Crippen LogP contribution in [0, 0.1) is 6.92 Å². The van der Waals surface area contributed by atoms with Crippen molar-refractivity contribution >= 4 is 23.6 Å². The van der Waals surface area contributed by atoms with Gasteiger partial charge in [-0.1, -0.05) is 36.4 Å². The van der Waals surface area contributed by atoms with E-state index in [4.69, 9.17) is 4.42 Å². The molecule has 7 nitrogen and oxygen atoms in total. The lowest BCUT2D eigenvalue weighted by atomic mass is 10.1. The van der Waals surface area contributed by atoms with Crippen LogP contribution in [-0.4, -0.2) is 40.4 Å². The summed E-state index contributed by atoms with van der Waals surface area (Å²) in [6.45, 7) is 6.20. The van der Waals surface area contributed by atoms with Crippen LogP contribution in [0.2, 0.25) is 0 Å². The van der Waals surface area contributed by atoms with Crippen molar-refractivity contribution in [2.45, 2.75) is 38.5 Å². The molecule has 0 fully saturated rings. The van der Waals surface area contributed by atoms with Gasteiger partial charge in [0.05, 0.1) is 5.75 Å². The van der Waals surface area contributed by atoms with Gasteiger partial charge in [-0.05, 0) is 32.4 Å². The van der Waals surface area contributed by atoms with E-state index >= 15 is 0 Å². The number of nitrogens with zero attached hydrogens (tertiary/aromatic N) is 2. The van der Waals surface area contributed by atoms with E-state index < -0.39 is 6.04 Å². The summed E-state index contributed by atoms with van der Waals surface area (Å²) in [6, 6.07) is 7.16. The van der Waals surface area contributed by atoms with Crippen LogP contribution in [0.5, 0.6) is 0 Å².